The highest BCUT2D eigenvalue weighted by atomic mass is 16.4. The van der Waals surface area contributed by atoms with Gasteiger partial charge in [-0.15, -0.1) is 0 Å². The lowest BCUT2D eigenvalue weighted by Crippen LogP contribution is -1.93. The van der Waals surface area contributed by atoms with Gasteiger partial charge in [0.1, 0.15) is 0 Å². The molecule has 0 aliphatic rings. The van der Waals surface area contributed by atoms with Gasteiger partial charge in [-0.1, -0.05) is 155 Å². The first-order valence-corrected chi connectivity index (χ1v) is 16.1. The van der Waals surface area contributed by atoms with E-state index in [9.17, 15) is 9.59 Å². The summed E-state index contributed by atoms with van der Waals surface area (Å²) in [6, 6.07) is 0. The summed E-state index contributed by atoms with van der Waals surface area (Å²) < 4.78 is 0. The Morgan fingerprint density at radius 3 is 0.711 bits per heavy atom. The Hall–Kier alpha value is -1.14. The van der Waals surface area contributed by atoms with E-state index in [1.54, 1.807) is 0 Å². The van der Waals surface area contributed by atoms with Crippen molar-refractivity contribution >= 4 is 11.9 Å². The highest BCUT2D eigenvalue weighted by molar-refractivity contribution is 5.66. The van der Waals surface area contributed by atoms with Gasteiger partial charge < -0.3 is 20.4 Å². The third-order valence-electron chi connectivity index (χ3n) is 6.59. The van der Waals surface area contributed by atoms with Gasteiger partial charge in [0, 0.05) is 12.8 Å². The lowest BCUT2D eigenvalue weighted by Gasteiger charge is -2.02. The molecule has 230 valence electrons. The Morgan fingerprint density at radius 2 is 0.553 bits per heavy atom. The second-order valence-corrected chi connectivity index (χ2v) is 10.5. The molecule has 4 N–H and O–H groups in total. The zero-order valence-corrected chi connectivity index (χ0v) is 25.4. The maximum Gasteiger partial charge on any atom is 0.303 e. The van der Waals surface area contributed by atoms with Gasteiger partial charge >= 0.3 is 11.9 Å². The van der Waals surface area contributed by atoms with Crippen molar-refractivity contribution in [1.82, 2.24) is 0 Å². The second-order valence-electron chi connectivity index (χ2n) is 10.5. The topological polar surface area (TPSA) is 115 Å². The van der Waals surface area contributed by atoms with Crippen LogP contribution in [0.1, 0.15) is 181 Å². The SMILES string of the molecule is CCCCCCCCCCCCCCC(=O)O.CCCCCCCCCCCCCCC(=O)O.OCCO. The van der Waals surface area contributed by atoms with E-state index in [4.69, 9.17) is 20.4 Å². The number of rotatable bonds is 27. The normalized spacial score (nSPS) is 10.3. The van der Waals surface area contributed by atoms with E-state index in [1.807, 2.05) is 0 Å². The second kappa shape index (κ2) is 40.4. The molecule has 0 aromatic carbocycles. The average molecular weight is 547 g/mol. The fourth-order valence-electron chi connectivity index (χ4n) is 4.23. The minimum absolute atomic E-state index is 0.125. The molecule has 0 aromatic rings. The molecule has 0 aliphatic carbocycles. The molecule has 0 saturated carbocycles. The van der Waals surface area contributed by atoms with Crippen LogP contribution < -0.4 is 0 Å². The molecule has 0 rings (SSSR count). The molecule has 0 heterocycles. The number of carbonyl (C=O) groups is 2. The summed E-state index contributed by atoms with van der Waals surface area (Å²) in [6.45, 7) is 4.26. The van der Waals surface area contributed by atoms with Crippen molar-refractivity contribution in [2.24, 2.45) is 0 Å². The van der Waals surface area contributed by atoms with Crippen LogP contribution in [0.5, 0.6) is 0 Å². The Balaban J connectivity index is -0.000000564. The molecule has 0 aromatic heterocycles. The first kappa shape index (κ1) is 41.3. The minimum atomic E-state index is -0.655. The molecule has 0 aliphatic heterocycles. The van der Waals surface area contributed by atoms with E-state index in [1.165, 1.54) is 128 Å². The highest BCUT2D eigenvalue weighted by Gasteiger charge is 1.98. The molecule has 6 nitrogen and oxygen atoms in total. The van der Waals surface area contributed by atoms with Gasteiger partial charge in [-0.05, 0) is 12.8 Å². The van der Waals surface area contributed by atoms with Crippen molar-refractivity contribution in [3.05, 3.63) is 0 Å². The fourth-order valence-corrected chi connectivity index (χ4v) is 4.23. The van der Waals surface area contributed by atoms with Crippen LogP contribution in [0.4, 0.5) is 0 Å². The number of aliphatic hydroxyl groups is 2. The van der Waals surface area contributed by atoms with E-state index in [0.29, 0.717) is 12.8 Å². The number of unbranched alkanes of at least 4 members (excludes halogenated alkanes) is 22. The first-order chi connectivity index (χ1) is 18.5. The smallest absolute Gasteiger partial charge is 0.303 e. The summed E-state index contributed by atoms with van der Waals surface area (Å²) >= 11 is 0. The van der Waals surface area contributed by atoms with Crippen molar-refractivity contribution in [1.29, 1.82) is 0 Å². The third kappa shape index (κ3) is 51.5. The third-order valence-corrected chi connectivity index (χ3v) is 6.59. The van der Waals surface area contributed by atoms with Crippen LogP contribution in [0, 0.1) is 0 Å². The zero-order chi connectivity index (χ0) is 29.0. The summed E-state index contributed by atoms with van der Waals surface area (Å²) in [5, 5.41) is 32.2. The van der Waals surface area contributed by atoms with E-state index in [-0.39, 0.29) is 13.2 Å². The van der Waals surface area contributed by atoms with Gasteiger partial charge in [0.25, 0.3) is 0 Å². The van der Waals surface area contributed by atoms with Gasteiger partial charge in [0.15, 0.2) is 0 Å². The molecule has 0 fully saturated rings. The molecule has 0 atom stereocenters. The number of carboxylic acids is 2. The van der Waals surface area contributed by atoms with Crippen molar-refractivity contribution in [2.45, 2.75) is 181 Å². The monoisotopic (exact) mass is 546 g/mol. The van der Waals surface area contributed by atoms with Gasteiger partial charge in [0.05, 0.1) is 13.2 Å². The molecular formula is C32H66O6. The Kier molecular flexibility index (Phi) is 43.9. The molecular weight excluding hydrogens is 480 g/mol. The van der Waals surface area contributed by atoms with Crippen LogP contribution in [0.15, 0.2) is 0 Å². The maximum atomic E-state index is 10.3. The van der Waals surface area contributed by atoms with Crippen molar-refractivity contribution in [2.75, 3.05) is 13.2 Å². The molecule has 0 spiro atoms. The zero-order valence-electron chi connectivity index (χ0n) is 25.4. The van der Waals surface area contributed by atoms with Gasteiger partial charge in [0.2, 0.25) is 0 Å². The number of aliphatic carboxylic acids is 2. The number of hydrogen-bond acceptors (Lipinski definition) is 4. The Bertz CT molecular complexity index is 402. The predicted octanol–water partition coefficient (Wildman–Crippen LogP) is 9.30. The molecule has 0 unspecified atom stereocenters. The van der Waals surface area contributed by atoms with Gasteiger partial charge in [-0.25, -0.2) is 0 Å². The summed E-state index contributed by atoms with van der Waals surface area (Å²) in [5.41, 5.74) is 0. The van der Waals surface area contributed by atoms with Crippen molar-refractivity contribution in [3.8, 4) is 0 Å². The van der Waals surface area contributed by atoms with Crippen molar-refractivity contribution in [3.63, 3.8) is 0 Å². The van der Waals surface area contributed by atoms with Crippen LogP contribution in [0.2, 0.25) is 0 Å². The van der Waals surface area contributed by atoms with Crippen LogP contribution in [0.3, 0.4) is 0 Å². The Labute approximate surface area is 236 Å². The number of carboxylic acid groups (broad SMARTS) is 2. The highest BCUT2D eigenvalue weighted by Crippen LogP contribution is 2.13. The molecule has 0 radical (unpaired) electrons. The van der Waals surface area contributed by atoms with Crippen LogP contribution in [-0.2, 0) is 9.59 Å². The fraction of sp³-hybridized carbons (Fsp3) is 0.938. The van der Waals surface area contributed by atoms with Crippen LogP contribution in [0.25, 0.3) is 0 Å². The molecule has 6 heteroatoms. The molecule has 38 heavy (non-hydrogen) atoms. The molecule has 0 bridgehead atoms. The van der Waals surface area contributed by atoms with E-state index >= 15 is 0 Å². The number of aliphatic hydroxyl groups excluding tert-OH is 2. The molecule has 0 saturated heterocycles. The Morgan fingerprint density at radius 1 is 0.368 bits per heavy atom. The summed E-state index contributed by atoms with van der Waals surface area (Å²) in [4.78, 5) is 20.6. The van der Waals surface area contributed by atoms with E-state index < -0.39 is 11.9 Å². The predicted molar refractivity (Wildman–Crippen MR) is 161 cm³/mol. The van der Waals surface area contributed by atoms with Gasteiger partial charge in [-0.3, -0.25) is 9.59 Å². The van der Waals surface area contributed by atoms with Crippen LogP contribution in [-0.4, -0.2) is 45.6 Å². The summed E-state index contributed by atoms with van der Waals surface area (Å²) in [5.74, 6) is -1.31. The standard InChI is InChI=1S/2C15H30O2.C2H6O2/c2*1-2-3-4-5-6-7-8-9-10-11-12-13-14-15(16)17;3-1-2-4/h2*2-14H2,1H3,(H,16,17);3-4H,1-2H2. The average Bonchev–Trinajstić information content (AvgIpc) is 2.90. The van der Waals surface area contributed by atoms with E-state index in [0.717, 1.165) is 25.7 Å². The van der Waals surface area contributed by atoms with Gasteiger partial charge in [-0.2, -0.15) is 0 Å². The maximum absolute atomic E-state index is 10.3. The summed E-state index contributed by atoms with van der Waals surface area (Å²) in [7, 11) is 0. The largest absolute Gasteiger partial charge is 0.481 e. The van der Waals surface area contributed by atoms with Crippen molar-refractivity contribution < 1.29 is 30.0 Å². The van der Waals surface area contributed by atoms with Crippen LogP contribution >= 0.6 is 0 Å². The number of hydrogen-bond donors (Lipinski definition) is 4. The first-order valence-electron chi connectivity index (χ1n) is 16.1. The van der Waals surface area contributed by atoms with E-state index in [2.05, 4.69) is 13.8 Å². The minimum Gasteiger partial charge on any atom is -0.481 e. The quantitative estimate of drug-likeness (QED) is 0.0763. The summed E-state index contributed by atoms with van der Waals surface area (Å²) in [6.07, 6.45) is 31.6. The lowest BCUT2D eigenvalue weighted by molar-refractivity contribution is -0.138. The molecule has 0 amide bonds. The lowest BCUT2D eigenvalue weighted by atomic mass is 10.0.